The van der Waals surface area contributed by atoms with Gasteiger partial charge in [-0.1, -0.05) is 36.4 Å². The van der Waals surface area contributed by atoms with Crippen LogP contribution in [-0.4, -0.2) is 46.6 Å². The Morgan fingerprint density at radius 1 is 0.867 bits per heavy atom. The average Bonchev–Trinajstić information content (AvgIpc) is 2.64. The van der Waals surface area contributed by atoms with Gasteiger partial charge in [-0.25, -0.2) is 0 Å². The summed E-state index contributed by atoms with van der Waals surface area (Å²) in [5, 5.41) is 0. The number of fused-ring (bicyclic) bond motifs is 2. The van der Waals surface area contributed by atoms with Crippen molar-refractivity contribution in [1.29, 1.82) is 0 Å². The minimum absolute atomic E-state index is 0.0320. The Morgan fingerprint density at radius 3 is 2.00 bits per heavy atom. The fourth-order valence-electron chi connectivity index (χ4n) is 3.89. The molecule has 0 saturated heterocycles. The lowest BCUT2D eigenvalue weighted by Gasteiger charge is -2.38. The molecule has 2 aliphatic rings. The van der Waals surface area contributed by atoms with Crippen LogP contribution in [0.2, 0.25) is 0 Å². The van der Waals surface area contributed by atoms with E-state index < -0.39 is 0 Å². The molecule has 1 unspecified atom stereocenters. The summed E-state index contributed by atoms with van der Waals surface area (Å²) >= 11 is 3.62. The van der Waals surface area contributed by atoms with Crippen molar-refractivity contribution in [2.45, 2.75) is 53.4 Å². The largest absolute Gasteiger partial charge is 0.309 e. The van der Waals surface area contributed by atoms with E-state index in [1.165, 1.54) is 0 Å². The molecule has 4 rings (SSSR count). The standard InChI is InChI=1S/C14H19NOS.C11H12OS/c1-14(2)11(9-15(3)4)13(16)10-7-5-6-8-12(10)17-14;1-11(2)7-9(12)8-5-3-4-6-10(8)13-11/h5-8,11H,9H2,1-4H3;3-6H,7H2,1-2H3. The maximum Gasteiger partial charge on any atom is 0.169 e. The van der Waals surface area contributed by atoms with Crippen LogP contribution in [0.3, 0.4) is 0 Å². The number of carbonyl (C=O) groups is 2. The third kappa shape index (κ3) is 5.19. The van der Waals surface area contributed by atoms with Gasteiger partial charge in [-0.05, 0) is 53.9 Å². The molecule has 1 atom stereocenters. The van der Waals surface area contributed by atoms with E-state index in [0.29, 0.717) is 6.42 Å². The molecule has 0 saturated carbocycles. The molecule has 30 heavy (non-hydrogen) atoms. The van der Waals surface area contributed by atoms with Gasteiger partial charge in [0.15, 0.2) is 11.6 Å². The summed E-state index contributed by atoms with van der Waals surface area (Å²) in [7, 11) is 4.04. The lowest BCUT2D eigenvalue weighted by molar-refractivity contribution is 0.0863. The van der Waals surface area contributed by atoms with E-state index in [9.17, 15) is 9.59 Å². The highest BCUT2D eigenvalue weighted by atomic mass is 32.2. The topological polar surface area (TPSA) is 37.4 Å². The fourth-order valence-corrected chi connectivity index (χ4v) is 6.44. The molecule has 0 aromatic heterocycles. The quantitative estimate of drug-likeness (QED) is 0.565. The zero-order chi connectivity index (χ0) is 22.1. The van der Waals surface area contributed by atoms with E-state index in [4.69, 9.17) is 0 Å². The predicted octanol–water partition coefficient (Wildman–Crippen LogP) is 6.08. The molecule has 0 radical (unpaired) electrons. The average molecular weight is 442 g/mol. The second kappa shape index (κ2) is 8.89. The molecule has 0 bridgehead atoms. The maximum atomic E-state index is 12.5. The zero-order valence-electron chi connectivity index (χ0n) is 18.7. The molecule has 0 spiro atoms. The van der Waals surface area contributed by atoms with E-state index in [0.717, 1.165) is 27.5 Å². The first-order chi connectivity index (χ1) is 14.0. The molecule has 0 amide bonds. The Hall–Kier alpha value is -1.56. The summed E-state index contributed by atoms with van der Waals surface area (Å²) < 4.78 is 0.0289. The molecule has 0 N–H and O–H groups in total. The maximum absolute atomic E-state index is 12.5. The molecular weight excluding hydrogens is 410 g/mol. The monoisotopic (exact) mass is 441 g/mol. The number of carbonyl (C=O) groups excluding carboxylic acids is 2. The molecule has 5 heteroatoms. The molecular formula is C25H31NO2S2. The fraction of sp³-hybridized carbons (Fsp3) is 0.440. The van der Waals surface area contributed by atoms with Gasteiger partial charge in [0.25, 0.3) is 0 Å². The molecule has 160 valence electrons. The second-order valence-corrected chi connectivity index (χ2v) is 12.8. The first kappa shape index (κ1) is 23.1. The van der Waals surface area contributed by atoms with Gasteiger partial charge in [0.05, 0.1) is 0 Å². The first-order valence-electron chi connectivity index (χ1n) is 10.3. The zero-order valence-corrected chi connectivity index (χ0v) is 20.3. The third-order valence-electron chi connectivity index (χ3n) is 5.39. The van der Waals surface area contributed by atoms with E-state index in [1.807, 2.05) is 74.4 Å². The number of ketones is 2. The Balaban J connectivity index is 0.000000177. The van der Waals surface area contributed by atoms with Crippen LogP contribution in [0.25, 0.3) is 0 Å². The molecule has 3 nitrogen and oxygen atoms in total. The van der Waals surface area contributed by atoms with E-state index in [-0.39, 0.29) is 27.0 Å². The van der Waals surface area contributed by atoms with Crippen LogP contribution < -0.4 is 0 Å². The second-order valence-electron chi connectivity index (χ2n) is 9.34. The minimum atomic E-state index is -0.0320. The van der Waals surface area contributed by atoms with Gasteiger partial charge in [-0.2, -0.15) is 0 Å². The first-order valence-corrected chi connectivity index (χ1v) is 11.9. The number of rotatable bonds is 2. The molecule has 0 fully saturated rings. The van der Waals surface area contributed by atoms with Crippen LogP contribution in [0.5, 0.6) is 0 Å². The predicted molar refractivity (Wildman–Crippen MR) is 128 cm³/mol. The van der Waals surface area contributed by atoms with Crippen molar-refractivity contribution in [3.8, 4) is 0 Å². The molecule has 0 aliphatic carbocycles. The van der Waals surface area contributed by atoms with E-state index in [2.05, 4.69) is 32.6 Å². The molecule has 2 heterocycles. The van der Waals surface area contributed by atoms with Crippen LogP contribution in [0.15, 0.2) is 58.3 Å². The third-order valence-corrected chi connectivity index (χ3v) is 8.05. The van der Waals surface area contributed by atoms with Gasteiger partial charge >= 0.3 is 0 Å². The van der Waals surface area contributed by atoms with Gasteiger partial charge in [-0.3, -0.25) is 9.59 Å². The summed E-state index contributed by atoms with van der Waals surface area (Å²) in [6.07, 6.45) is 0.648. The molecule has 2 aromatic carbocycles. The summed E-state index contributed by atoms with van der Waals surface area (Å²) in [4.78, 5) is 28.6. The highest BCUT2D eigenvalue weighted by molar-refractivity contribution is 8.01. The highest BCUT2D eigenvalue weighted by Gasteiger charge is 2.41. The number of hydrogen-bond donors (Lipinski definition) is 0. The van der Waals surface area contributed by atoms with Gasteiger partial charge < -0.3 is 4.90 Å². The molecule has 2 aromatic rings. The van der Waals surface area contributed by atoms with Crippen molar-refractivity contribution in [3.05, 3.63) is 59.7 Å². The van der Waals surface area contributed by atoms with Crippen LogP contribution in [0.1, 0.15) is 54.8 Å². The Bertz CT molecular complexity index is 950. The number of Topliss-reactive ketones (excluding diaryl/α,β-unsaturated/α-hetero) is 2. The number of nitrogens with zero attached hydrogens (tertiary/aromatic N) is 1. The Labute approximate surface area is 189 Å². The number of benzene rings is 2. The number of thioether (sulfide) groups is 2. The van der Waals surface area contributed by atoms with E-state index >= 15 is 0 Å². The van der Waals surface area contributed by atoms with Gasteiger partial charge in [0, 0.05) is 49.3 Å². The van der Waals surface area contributed by atoms with Crippen molar-refractivity contribution < 1.29 is 9.59 Å². The summed E-state index contributed by atoms with van der Waals surface area (Å²) in [5.74, 6) is 0.634. The van der Waals surface area contributed by atoms with Gasteiger partial charge in [0.2, 0.25) is 0 Å². The summed E-state index contributed by atoms with van der Waals surface area (Å²) in [6, 6.07) is 15.8. The number of hydrogen-bond acceptors (Lipinski definition) is 5. The normalized spacial score (nSPS) is 21.4. The van der Waals surface area contributed by atoms with Crippen LogP contribution in [0, 0.1) is 5.92 Å². The SMILES string of the molecule is CC1(C)CC(=O)c2ccccc2S1.CN(C)CC1C(=O)c2ccccc2SC1(C)C. The summed E-state index contributed by atoms with van der Waals surface area (Å²) in [6.45, 7) is 9.38. The summed E-state index contributed by atoms with van der Waals surface area (Å²) in [5.41, 5.74) is 1.79. The van der Waals surface area contributed by atoms with Crippen molar-refractivity contribution in [2.24, 2.45) is 5.92 Å². The van der Waals surface area contributed by atoms with Crippen LogP contribution in [0.4, 0.5) is 0 Å². The molecule has 2 aliphatic heterocycles. The van der Waals surface area contributed by atoms with Crippen molar-refractivity contribution >= 4 is 35.1 Å². The van der Waals surface area contributed by atoms with E-state index in [1.54, 1.807) is 11.8 Å². The Morgan fingerprint density at radius 2 is 1.40 bits per heavy atom. The van der Waals surface area contributed by atoms with Gasteiger partial charge in [-0.15, -0.1) is 23.5 Å². The Kier molecular flexibility index (Phi) is 6.85. The van der Waals surface area contributed by atoms with Gasteiger partial charge in [0.1, 0.15) is 0 Å². The van der Waals surface area contributed by atoms with Crippen molar-refractivity contribution in [2.75, 3.05) is 20.6 Å². The minimum Gasteiger partial charge on any atom is -0.309 e. The lowest BCUT2D eigenvalue weighted by Crippen LogP contribution is -2.43. The highest BCUT2D eigenvalue weighted by Crippen LogP contribution is 2.46. The smallest absolute Gasteiger partial charge is 0.169 e. The van der Waals surface area contributed by atoms with Crippen molar-refractivity contribution in [1.82, 2.24) is 4.90 Å². The van der Waals surface area contributed by atoms with Crippen LogP contribution in [-0.2, 0) is 0 Å². The van der Waals surface area contributed by atoms with Crippen LogP contribution >= 0.6 is 23.5 Å². The van der Waals surface area contributed by atoms with Crippen molar-refractivity contribution in [3.63, 3.8) is 0 Å². The lowest BCUT2D eigenvalue weighted by atomic mass is 9.86.